The van der Waals surface area contributed by atoms with Crippen molar-refractivity contribution in [2.24, 2.45) is 0 Å². The molecular weight excluding hydrogens is 364 g/mol. The van der Waals surface area contributed by atoms with Crippen molar-refractivity contribution >= 4 is 0 Å². The molecule has 5 atom stereocenters. The summed E-state index contributed by atoms with van der Waals surface area (Å²) in [4.78, 5) is 0. The van der Waals surface area contributed by atoms with Crippen molar-refractivity contribution in [3.05, 3.63) is 29.3 Å². The van der Waals surface area contributed by atoms with Gasteiger partial charge in [0.25, 0.3) is 0 Å². The standard InChI is InChI=1S/C21H32O7/c1-21(2)8-10-26-15-7-6-13(11-14(15)21)5-3-4-9-27-20-19(25)18(24)17(23)16(12-22)28-20/h6-7,11,16-20,22-25H,3-5,8-10,12H2,1-2H3/t16-,17-,18+,19-,20-/m1/s1. The normalized spacial score (nSPS) is 31.9. The molecule has 0 radical (unpaired) electrons. The summed E-state index contributed by atoms with van der Waals surface area (Å²) in [5.74, 6) is 0.978. The van der Waals surface area contributed by atoms with Crippen molar-refractivity contribution in [1.82, 2.24) is 0 Å². The van der Waals surface area contributed by atoms with Crippen LogP contribution < -0.4 is 4.74 Å². The molecule has 1 fully saturated rings. The zero-order chi connectivity index (χ0) is 20.3. The molecule has 2 aliphatic heterocycles. The number of fused-ring (bicyclic) bond motifs is 1. The Kier molecular flexibility index (Phi) is 6.96. The lowest BCUT2D eigenvalue weighted by Crippen LogP contribution is -2.59. The summed E-state index contributed by atoms with van der Waals surface area (Å²) < 4.78 is 16.6. The quantitative estimate of drug-likeness (QED) is 0.507. The first-order valence-electron chi connectivity index (χ1n) is 10.0. The van der Waals surface area contributed by atoms with Crippen molar-refractivity contribution in [2.45, 2.75) is 75.7 Å². The van der Waals surface area contributed by atoms with E-state index in [9.17, 15) is 20.4 Å². The number of aliphatic hydroxyl groups is 4. The van der Waals surface area contributed by atoms with Crippen molar-refractivity contribution in [1.29, 1.82) is 0 Å². The Labute approximate surface area is 165 Å². The molecule has 0 unspecified atom stereocenters. The highest BCUT2D eigenvalue weighted by atomic mass is 16.7. The van der Waals surface area contributed by atoms with Gasteiger partial charge in [0.15, 0.2) is 6.29 Å². The van der Waals surface area contributed by atoms with E-state index in [0.29, 0.717) is 6.61 Å². The van der Waals surface area contributed by atoms with Gasteiger partial charge in [-0.05, 0) is 42.7 Å². The number of rotatable bonds is 7. The smallest absolute Gasteiger partial charge is 0.186 e. The Hall–Kier alpha value is -1.22. The predicted molar refractivity (Wildman–Crippen MR) is 102 cm³/mol. The summed E-state index contributed by atoms with van der Waals surface area (Å²) in [6.07, 6.45) is -2.54. The number of hydrogen-bond acceptors (Lipinski definition) is 7. The van der Waals surface area contributed by atoms with E-state index in [1.165, 1.54) is 11.1 Å². The summed E-state index contributed by atoms with van der Waals surface area (Å²) in [7, 11) is 0. The second-order valence-electron chi connectivity index (χ2n) is 8.34. The first-order chi connectivity index (χ1) is 13.3. The largest absolute Gasteiger partial charge is 0.493 e. The van der Waals surface area contributed by atoms with Crippen LogP contribution in [0, 0.1) is 0 Å². The summed E-state index contributed by atoms with van der Waals surface area (Å²) in [5.41, 5.74) is 2.63. The maximum absolute atomic E-state index is 9.96. The van der Waals surface area contributed by atoms with E-state index in [2.05, 4.69) is 32.0 Å². The van der Waals surface area contributed by atoms with Gasteiger partial charge in [0.05, 0.1) is 13.2 Å². The first kappa shape index (κ1) is 21.5. The molecule has 3 rings (SSSR count). The van der Waals surface area contributed by atoms with Gasteiger partial charge < -0.3 is 34.6 Å². The summed E-state index contributed by atoms with van der Waals surface area (Å²) >= 11 is 0. The monoisotopic (exact) mass is 396 g/mol. The minimum absolute atomic E-state index is 0.121. The second-order valence-corrected chi connectivity index (χ2v) is 8.34. The zero-order valence-corrected chi connectivity index (χ0v) is 16.6. The van der Waals surface area contributed by atoms with Crippen LogP contribution in [0.1, 0.15) is 44.2 Å². The molecular formula is C21H32O7. The second kappa shape index (κ2) is 9.07. The highest BCUT2D eigenvalue weighted by Gasteiger charge is 2.43. The molecule has 28 heavy (non-hydrogen) atoms. The lowest BCUT2D eigenvalue weighted by atomic mass is 9.79. The van der Waals surface area contributed by atoms with Crippen LogP contribution in [0.2, 0.25) is 0 Å². The third-order valence-corrected chi connectivity index (χ3v) is 5.75. The van der Waals surface area contributed by atoms with Crippen LogP contribution in [-0.2, 0) is 21.3 Å². The Bertz CT molecular complexity index is 646. The van der Waals surface area contributed by atoms with Crippen LogP contribution in [0.4, 0.5) is 0 Å². The molecule has 7 heteroatoms. The fourth-order valence-corrected chi connectivity index (χ4v) is 3.77. The maximum Gasteiger partial charge on any atom is 0.186 e. The number of benzene rings is 1. The number of ether oxygens (including phenoxy) is 3. The summed E-state index contributed by atoms with van der Waals surface area (Å²) in [6.45, 7) is 5.14. The molecule has 7 nitrogen and oxygen atoms in total. The molecule has 1 aromatic rings. The Balaban J connectivity index is 1.45. The number of aryl methyl sites for hydroxylation is 1. The SMILES string of the molecule is CC1(C)CCOc2ccc(CCCCO[C@@H]3O[C@H](CO)[C@@H](O)[C@H](O)[C@H]3O)cc21. The van der Waals surface area contributed by atoms with Crippen LogP contribution in [0.5, 0.6) is 5.75 Å². The zero-order valence-electron chi connectivity index (χ0n) is 16.6. The van der Waals surface area contributed by atoms with Gasteiger partial charge in [-0.3, -0.25) is 0 Å². The Morgan fingerprint density at radius 3 is 2.64 bits per heavy atom. The van der Waals surface area contributed by atoms with Crippen molar-refractivity contribution in [3.63, 3.8) is 0 Å². The van der Waals surface area contributed by atoms with Crippen molar-refractivity contribution in [2.75, 3.05) is 19.8 Å². The fourth-order valence-electron chi connectivity index (χ4n) is 3.77. The summed E-state index contributed by atoms with van der Waals surface area (Å²) in [5, 5.41) is 38.7. The number of aliphatic hydroxyl groups excluding tert-OH is 4. The van der Waals surface area contributed by atoms with Crippen LogP contribution in [-0.4, -0.2) is 71.0 Å². The summed E-state index contributed by atoms with van der Waals surface area (Å²) in [6, 6.07) is 6.38. The third kappa shape index (κ3) is 4.67. The van der Waals surface area contributed by atoms with E-state index in [0.717, 1.165) is 38.0 Å². The lowest BCUT2D eigenvalue weighted by Gasteiger charge is -2.39. The van der Waals surface area contributed by atoms with E-state index in [1.54, 1.807) is 0 Å². The van der Waals surface area contributed by atoms with Crippen LogP contribution in [0.25, 0.3) is 0 Å². The van der Waals surface area contributed by atoms with Crippen LogP contribution in [0.3, 0.4) is 0 Å². The van der Waals surface area contributed by atoms with E-state index >= 15 is 0 Å². The van der Waals surface area contributed by atoms with Crippen LogP contribution >= 0.6 is 0 Å². The van der Waals surface area contributed by atoms with Crippen molar-refractivity contribution in [3.8, 4) is 5.75 Å². The molecule has 0 aromatic heterocycles. The Morgan fingerprint density at radius 2 is 1.89 bits per heavy atom. The molecule has 2 heterocycles. The first-order valence-corrected chi connectivity index (χ1v) is 10.0. The van der Waals surface area contributed by atoms with E-state index in [1.807, 2.05) is 0 Å². The molecule has 2 aliphatic rings. The van der Waals surface area contributed by atoms with Crippen molar-refractivity contribution < 1.29 is 34.6 Å². The number of unbranched alkanes of at least 4 members (excludes halogenated alkanes) is 1. The lowest BCUT2D eigenvalue weighted by molar-refractivity contribution is -0.301. The average molecular weight is 396 g/mol. The van der Waals surface area contributed by atoms with Gasteiger partial charge in [-0.15, -0.1) is 0 Å². The fraction of sp³-hybridized carbons (Fsp3) is 0.714. The van der Waals surface area contributed by atoms with Gasteiger partial charge in [0.1, 0.15) is 30.2 Å². The van der Waals surface area contributed by atoms with E-state index in [-0.39, 0.29) is 5.41 Å². The topological polar surface area (TPSA) is 109 Å². The van der Waals surface area contributed by atoms with E-state index in [4.69, 9.17) is 14.2 Å². The molecule has 0 saturated carbocycles. The molecule has 0 bridgehead atoms. The number of hydrogen-bond donors (Lipinski definition) is 4. The van der Waals surface area contributed by atoms with Gasteiger partial charge in [-0.2, -0.15) is 0 Å². The highest BCUT2D eigenvalue weighted by Crippen LogP contribution is 2.38. The molecule has 4 N–H and O–H groups in total. The molecule has 1 saturated heterocycles. The van der Waals surface area contributed by atoms with Gasteiger partial charge in [0.2, 0.25) is 0 Å². The molecule has 1 aromatic carbocycles. The third-order valence-electron chi connectivity index (χ3n) is 5.75. The molecule has 0 spiro atoms. The van der Waals surface area contributed by atoms with Crippen LogP contribution in [0.15, 0.2) is 18.2 Å². The minimum Gasteiger partial charge on any atom is -0.493 e. The van der Waals surface area contributed by atoms with E-state index < -0.39 is 37.3 Å². The van der Waals surface area contributed by atoms with Gasteiger partial charge in [0, 0.05) is 12.2 Å². The Morgan fingerprint density at radius 1 is 1.11 bits per heavy atom. The van der Waals surface area contributed by atoms with Gasteiger partial charge in [-0.25, -0.2) is 0 Å². The minimum atomic E-state index is -1.41. The van der Waals surface area contributed by atoms with Gasteiger partial charge >= 0.3 is 0 Å². The maximum atomic E-state index is 9.96. The highest BCUT2D eigenvalue weighted by molar-refractivity contribution is 5.43. The molecule has 0 aliphatic carbocycles. The molecule has 158 valence electrons. The average Bonchev–Trinajstić information content (AvgIpc) is 2.67. The predicted octanol–water partition coefficient (Wildman–Crippen LogP) is 0.886. The van der Waals surface area contributed by atoms with Gasteiger partial charge in [-0.1, -0.05) is 26.0 Å². The molecule has 0 amide bonds.